The Morgan fingerprint density at radius 1 is 1.32 bits per heavy atom. The molecule has 0 aliphatic heterocycles. The number of carboxylic acid groups (broad SMARTS) is 1. The molecule has 1 aromatic carbocycles. The monoisotopic (exact) mass is 320 g/mol. The summed E-state index contributed by atoms with van der Waals surface area (Å²) in [6, 6.07) is 7.07. The van der Waals surface area contributed by atoms with E-state index in [9.17, 15) is 9.59 Å². The first kappa shape index (κ1) is 16.0. The van der Waals surface area contributed by atoms with Crippen LogP contribution in [0.1, 0.15) is 24.3 Å². The minimum atomic E-state index is -0.942. The number of thiazole rings is 1. The van der Waals surface area contributed by atoms with Gasteiger partial charge in [0.25, 0.3) is 0 Å². The summed E-state index contributed by atoms with van der Waals surface area (Å²) in [5.41, 5.74) is 0.789. The number of methoxy groups -OCH3 is 1. The van der Waals surface area contributed by atoms with Gasteiger partial charge in [-0.05, 0) is 17.7 Å². The van der Waals surface area contributed by atoms with E-state index >= 15 is 0 Å². The van der Waals surface area contributed by atoms with E-state index in [1.54, 1.807) is 43.0 Å². The highest BCUT2D eigenvalue weighted by Crippen LogP contribution is 2.26. The van der Waals surface area contributed by atoms with Crippen molar-refractivity contribution >= 4 is 28.3 Å². The molecule has 0 bridgehead atoms. The number of rotatable bonds is 7. The quantitative estimate of drug-likeness (QED) is 0.819. The van der Waals surface area contributed by atoms with Gasteiger partial charge < -0.3 is 15.2 Å². The standard InChI is InChI=1S/C15H16N2O4S/c1-21-12-4-2-10(3-5-12)11(9-14(19)20)8-13(18)17-15-16-6-7-22-15/h2-7,11H,8-9H2,1H3,(H,19,20)(H,16,17,18). The number of aliphatic carboxylic acids is 1. The van der Waals surface area contributed by atoms with Crippen molar-refractivity contribution in [1.82, 2.24) is 4.98 Å². The fraction of sp³-hybridized carbons (Fsp3) is 0.267. The molecule has 2 N–H and O–H groups in total. The van der Waals surface area contributed by atoms with Crippen LogP contribution in [-0.4, -0.2) is 29.1 Å². The third kappa shape index (κ3) is 4.56. The average Bonchev–Trinajstić information content (AvgIpc) is 2.99. The number of amides is 1. The first-order chi connectivity index (χ1) is 10.6. The van der Waals surface area contributed by atoms with Gasteiger partial charge in [-0.25, -0.2) is 4.98 Å². The highest BCUT2D eigenvalue weighted by molar-refractivity contribution is 7.13. The largest absolute Gasteiger partial charge is 0.497 e. The maximum Gasteiger partial charge on any atom is 0.303 e. The number of aromatic nitrogens is 1. The van der Waals surface area contributed by atoms with Crippen LogP contribution in [0, 0.1) is 0 Å². The lowest BCUT2D eigenvalue weighted by Crippen LogP contribution is -2.17. The van der Waals surface area contributed by atoms with E-state index in [-0.39, 0.29) is 18.7 Å². The topological polar surface area (TPSA) is 88.5 Å². The molecule has 0 aliphatic rings. The fourth-order valence-electron chi connectivity index (χ4n) is 2.07. The van der Waals surface area contributed by atoms with Gasteiger partial charge in [0.15, 0.2) is 5.13 Å². The molecule has 0 saturated carbocycles. The molecule has 116 valence electrons. The van der Waals surface area contributed by atoms with Crippen LogP contribution in [0.2, 0.25) is 0 Å². The van der Waals surface area contributed by atoms with Gasteiger partial charge >= 0.3 is 5.97 Å². The first-order valence-corrected chi connectivity index (χ1v) is 7.51. The average molecular weight is 320 g/mol. The Kier molecular flexibility index (Phi) is 5.48. The molecular weight excluding hydrogens is 304 g/mol. The molecule has 0 aliphatic carbocycles. The number of ether oxygens (including phenoxy) is 1. The van der Waals surface area contributed by atoms with Crippen molar-refractivity contribution in [2.75, 3.05) is 12.4 Å². The second-order valence-electron chi connectivity index (χ2n) is 4.66. The van der Waals surface area contributed by atoms with E-state index in [0.29, 0.717) is 10.9 Å². The van der Waals surface area contributed by atoms with Gasteiger partial charge in [-0.3, -0.25) is 9.59 Å². The Morgan fingerprint density at radius 3 is 2.59 bits per heavy atom. The zero-order valence-electron chi connectivity index (χ0n) is 12.0. The molecule has 1 atom stereocenters. The summed E-state index contributed by atoms with van der Waals surface area (Å²) in [4.78, 5) is 27.0. The van der Waals surface area contributed by atoms with Crippen molar-refractivity contribution in [2.24, 2.45) is 0 Å². The number of carbonyl (C=O) groups is 2. The molecule has 1 aromatic heterocycles. The van der Waals surface area contributed by atoms with E-state index in [0.717, 1.165) is 5.56 Å². The van der Waals surface area contributed by atoms with Crippen molar-refractivity contribution in [2.45, 2.75) is 18.8 Å². The Balaban J connectivity index is 2.07. The van der Waals surface area contributed by atoms with Crippen LogP contribution in [-0.2, 0) is 9.59 Å². The summed E-state index contributed by atoms with van der Waals surface area (Å²) in [5, 5.41) is 14.0. The third-order valence-corrected chi connectivity index (χ3v) is 3.81. The summed E-state index contributed by atoms with van der Waals surface area (Å²) in [7, 11) is 1.56. The molecule has 7 heteroatoms. The van der Waals surface area contributed by atoms with Crippen LogP contribution >= 0.6 is 11.3 Å². The van der Waals surface area contributed by atoms with E-state index in [1.807, 2.05) is 0 Å². The highest BCUT2D eigenvalue weighted by Gasteiger charge is 2.20. The van der Waals surface area contributed by atoms with Crippen LogP contribution in [0.15, 0.2) is 35.8 Å². The highest BCUT2D eigenvalue weighted by atomic mass is 32.1. The first-order valence-electron chi connectivity index (χ1n) is 6.63. The maximum atomic E-state index is 12.0. The lowest BCUT2D eigenvalue weighted by atomic mass is 9.92. The molecule has 1 unspecified atom stereocenters. The summed E-state index contributed by atoms with van der Waals surface area (Å²) >= 11 is 1.32. The molecule has 22 heavy (non-hydrogen) atoms. The van der Waals surface area contributed by atoms with Gasteiger partial charge in [0.2, 0.25) is 5.91 Å². The van der Waals surface area contributed by atoms with Gasteiger partial charge in [0.1, 0.15) is 5.75 Å². The number of hydrogen-bond acceptors (Lipinski definition) is 5. The molecule has 0 spiro atoms. The van der Waals surface area contributed by atoms with Crippen molar-refractivity contribution < 1.29 is 19.4 Å². The zero-order chi connectivity index (χ0) is 15.9. The molecule has 2 rings (SSSR count). The second kappa shape index (κ2) is 7.56. The van der Waals surface area contributed by atoms with Crippen molar-refractivity contribution in [3.63, 3.8) is 0 Å². The van der Waals surface area contributed by atoms with Gasteiger partial charge in [-0.15, -0.1) is 11.3 Å². The minimum absolute atomic E-state index is 0.0816. The molecule has 2 aromatic rings. The predicted molar refractivity (Wildman–Crippen MR) is 83.3 cm³/mol. The molecule has 0 fully saturated rings. The van der Waals surface area contributed by atoms with Gasteiger partial charge in [-0.1, -0.05) is 12.1 Å². The van der Waals surface area contributed by atoms with Gasteiger partial charge in [-0.2, -0.15) is 0 Å². The predicted octanol–water partition coefficient (Wildman–Crippen LogP) is 2.74. The Bertz CT molecular complexity index is 626. The minimum Gasteiger partial charge on any atom is -0.497 e. The molecule has 6 nitrogen and oxygen atoms in total. The number of carboxylic acids is 1. The van der Waals surface area contributed by atoms with Crippen LogP contribution < -0.4 is 10.1 Å². The molecular formula is C15H16N2O4S. The number of nitrogens with zero attached hydrogens (tertiary/aromatic N) is 1. The summed E-state index contributed by atoms with van der Waals surface area (Å²) in [5.74, 6) is -0.909. The lowest BCUT2D eigenvalue weighted by molar-refractivity contribution is -0.137. The van der Waals surface area contributed by atoms with Crippen molar-refractivity contribution in [3.8, 4) is 5.75 Å². The number of hydrogen-bond donors (Lipinski definition) is 2. The zero-order valence-corrected chi connectivity index (χ0v) is 12.8. The van der Waals surface area contributed by atoms with Crippen LogP contribution in [0.4, 0.5) is 5.13 Å². The number of anilines is 1. The van der Waals surface area contributed by atoms with E-state index in [2.05, 4.69) is 10.3 Å². The second-order valence-corrected chi connectivity index (χ2v) is 5.55. The van der Waals surface area contributed by atoms with Gasteiger partial charge in [0, 0.05) is 23.9 Å². The van der Waals surface area contributed by atoms with E-state index in [4.69, 9.17) is 9.84 Å². The maximum absolute atomic E-state index is 12.0. The van der Waals surface area contributed by atoms with Crippen LogP contribution in [0.3, 0.4) is 0 Å². The van der Waals surface area contributed by atoms with Crippen LogP contribution in [0.5, 0.6) is 5.75 Å². The summed E-state index contributed by atoms with van der Waals surface area (Å²) in [6.07, 6.45) is 1.56. The molecule has 1 heterocycles. The molecule has 0 saturated heterocycles. The number of nitrogens with one attached hydrogen (secondary N) is 1. The molecule has 0 radical (unpaired) electrons. The third-order valence-electron chi connectivity index (χ3n) is 3.12. The number of benzene rings is 1. The smallest absolute Gasteiger partial charge is 0.303 e. The van der Waals surface area contributed by atoms with Crippen molar-refractivity contribution in [1.29, 1.82) is 0 Å². The lowest BCUT2D eigenvalue weighted by Gasteiger charge is -2.15. The Hall–Kier alpha value is -2.41. The van der Waals surface area contributed by atoms with Crippen LogP contribution in [0.25, 0.3) is 0 Å². The number of carbonyl (C=O) groups excluding carboxylic acids is 1. The normalized spacial score (nSPS) is 11.7. The summed E-state index contributed by atoms with van der Waals surface area (Å²) in [6.45, 7) is 0. The van der Waals surface area contributed by atoms with E-state index < -0.39 is 11.9 Å². The fourth-order valence-corrected chi connectivity index (χ4v) is 2.62. The Labute approximate surface area is 131 Å². The molecule has 1 amide bonds. The SMILES string of the molecule is COc1ccc(C(CC(=O)O)CC(=O)Nc2nccs2)cc1. The summed E-state index contributed by atoms with van der Waals surface area (Å²) < 4.78 is 5.08. The van der Waals surface area contributed by atoms with E-state index in [1.165, 1.54) is 11.3 Å². The van der Waals surface area contributed by atoms with Gasteiger partial charge in [0.05, 0.1) is 13.5 Å². The Morgan fingerprint density at radius 2 is 2.05 bits per heavy atom. The van der Waals surface area contributed by atoms with Crippen molar-refractivity contribution in [3.05, 3.63) is 41.4 Å².